The Morgan fingerprint density at radius 1 is 0.951 bits per heavy atom. The molecule has 1 aromatic rings. The minimum atomic E-state index is -1.75. The van der Waals surface area contributed by atoms with Gasteiger partial charge in [0.2, 0.25) is 0 Å². The second kappa shape index (κ2) is 12.8. The molecule has 0 amide bonds. The van der Waals surface area contributed by atoms with Crippen LogP contribution in [0.25, 0.3) is 0 Å². The summed E-state index contributed by atoms with van der Waals surface area (Å²) in [6.45, 7) is 15.3. The Hall–Kier alpha value is -3.17. The van der Waals surface area contributed by atoms with Crippen LogP contribution in [-0.2, 0) is 28.6 Å². The van der Waals surface area contributed by atoms with E-state index in [0.29, 0.717) is 5.75 Å². The maximum atomic E-state index is 12.7. The van der Waals surface area contributed by atoms with E-state index < -0.39 is 71.3 Å². The van der Waals surface area contributed by atoms with Crippen LogP contribution < -0.4 is 4.74 Å². The maximum absolute atomic E-state index is 12.7. The average Bonchev–Trinajstić information content (AvgIpc) is 3.12. The van der Waals surface area contributed by atoms with Crippen LogP contribution in [0.3, 0.4) is 0 Å². The molecule has 9 nitrogen and oxygen atoms in total. The van der Waals surface area contributed by atoms with Crippen molar-refractivity contribution in [2.24, 2.45) is 23.2 Å². The normalized spacial score (nSPS) is 36.1. The van der Waals surface area contributed by atoms with Crippen molar-refractivity contribution in [1.82, 2.24) is 0 Å². The van der Waals surface area contributed by atoms with Gasteiger partial charge in [-0.25, -0.2) is 0 Å². The minimum absolute atomic E-state index is 0.0276. The summed E-state index contributed by atoms with van der Waals surface area (Å²) in [5.74, 6) is -3.09. The van der Waals surface area contributed by atoms with Gasteiger partial charge in [0.15, 0.2) is 0 Å². The van der Waals surface area contributed by atoms with Gasteiger partial charge in [-0.05, 0) is 24.5 Å². The highest BCUT2D eigenvalue weighted by Gasteiger charge is 2.63. The van der Waals surface area contributed by atoms with Gasteiger partial charge in [-0.1, -0.05) is 64.6 Å². The predicted octanol–water partition coefficient (Wildman–Crippen LogP) is 4.16. The van der Waals surface area contributed by atoms with Gasteiger partial charge in [-0.2, -0.15) is 0 Å². The molecular weight excluding hydrogens is 528 g/mol. The third-order valence-corrected chi connectivity index (χ3v) is 8.25. The van der Waals surface area contributed by atoms with Crippen LogP contribution in [0.4, 0.5) is 0 Å². The van der Waals surface area contributed by atoms with E-state index in [1.165, 1.54) is 20.8 Å². The molecule has 226 valence electrons. The smallest absolute Gasteiger partial charge is 0.303 e. The summed E-state index contributed by atoms with van der Waals surface area (Å²) in [5.41, 5.74) is -2.36. The Labute approximate surface area is 242 Å². The summed E-state index contributed by atoms with van der Waals surface area (Å²) in [7, 11) is 0. The van der Waals surface area contributed by atoms with Crippen molar-refractivity contribution in [3.05, 3.63) is 54.6 Å². The van der Waals surface area contributed by atoms with Crippen LogP contribution in [0.2, 0.25) is 0 Å². The lowest BCUT2D eigenvalue weighted by molar-refractivity contribution is -0.190. The van der Waals surface area contributed by atoms with Crippen LogP contribution in [0.1, 0.15) is 61.3 Å². The zero-order valence-corrected chi connectivity index (χ0v) is 25.0. The molecule has 1 fully saturated rings. The van der Waals surface area contributed by atoms with Crippen LogP contribution in [0.5, 0.6) is 5.75 Å². The summed E-state index contributed by atoms with van der Waals surface area (Å²) in [6, 6.07) is 9.05. The second-order valence-corrected chi connectivity index (χ2v) is 12.1. The first-order valence-electron chi connectivity index (χ1n) is 14.1. The van der Waals surface area contributed by atoms with Crippen molar-refractivity contribution in [3.63, 3.8) is 0 Å². The van der Waals surface area contributed by atoms with E-state index in [0.717, 1.165) is 0 Å². The molecule has 0 bridgehead atoms. The monoisotopic (exact) mass is 572 g/mol. The number of para-hydroxylation sites is 1. The van der Waals surface area contributed by atoms with Gasteiger partial charge < -0.3 is 29.2 Å². The molecule has 1 saturated carbocycles. The van der Waals surface area contributed by atoms with E-state index in [1.807, 2.05) is 52.0 Å². The minimum Gasteiger partial charge on any atom is -0.490 e. The highest BCUT2D eigenvalue weighted by atomic mass is 16.6. The van der Waals surface area contributed by atoms with Crippen molar-refractivity contribution in [3.8, 4) is 5.75 Å². The van der Waals surface area contributed by atoms with Gasteiger partial charge in [0.1, 0.15) is 35.8 Å². The van der Waals surface area contributed by atoms with Crippen LogP contribution in [0, 0.1) is 23.2 Å². The highest BCUT2D eigenvalue weighted by molar-refractivity contribution is 5.68. The van der Waals surface area contributed by atoms with Gasteiger partial charge in [0.05, 0.1) is 12.0 Å². The Kier molecular flexibility index (Phi) is 10.1. The van der Waals surface area contributed by atoms with Crippen LogP contribution in [-0.4, -0.2) is 64.2 Å². The number of hydrogen-bond acceptors (Lipinski definition) is 9. The van der Waals surface area contributed by atoms with E-state index in [-0.39, 0.29) is 24.3 Å². The number of ether oxygens (including phenoxy) is 4. The van der Waals surface area contributed by atoms with E-state index in [2.05, 4.69) is 6.58 Å². The number of carbonyl (C=O) groups excluding carboxylic acids is 3. The second-order valence-electron chi connectivity index (χ2n) is 12.1. The predicted molar refractivity (Wildman–Crippen MR) is 152 cm³/mol. The number of hydrogen-bond donors (Lipinski definition) is 2. The molecule has 0 aliphatic heterocycles. The zero-order valence-electron chi connectivity index (χ0n) is 25.0. The average molecular weight is 573 g/mol. The van der Waals surface area contributed by atoms with Crippen molar-refractivity contribution < 1.29 is 43.5 Å². The Morgan fingerprint density at radius 3 is 2.10 bits per heavy atom. The molecule has 0 heterocycles. The standard InChI is InChI=1S/C32H44O9/c1-18-14-15-31(7,8)26(36)16-25(38-21(4)33)20(3)29(39-22(5)34)27-28(41-24-12-10-9-11-13-24)19(2)17-32(27,37)30(18)40-23(6)35/h9-15,18-19,25-30,36-37H,3,16-17H2,1-2,4-8H3/b15-14+/t18-,19+,25-,26-,27-,28+,29-,30-,32-/m1/s1. The van der Waals surface area contributed by atoms with E-state index in [9.17, 15) is 24.6 Å². The zero-order chi connectivity index (χ0) is 30.7. The molecule has 1 aromatic carbocycles. The lowest BCUT2D eigenvalue weighted by Gasteiger charge is -2.45. The van der Waals surface area contributed by atoms with Gasteiger partial charge in [-0.3, -0.25) is 14.4 Å². The summed E-state index contributed by atoms with van der Waals surface area (Å²) in [6.07, 6.45) is -1.31. The first kappa shape index (κ1) is 32.3. The third-order valence-electron chi connectivity index (χ3n) is 8.25. The Balaban J connectivity index is 2.30. The molecule has 0 saturated heterocycles. The van der Waals surface area contributed by atoms with Gasteiger partial charge in [0.25, 0.3) is 0 Å². The lowest BCUT2D eigenvalue weighted by Crippen LogP contribution is -2.58. The number of carbonyl (C=O) groups is 3. The molecular formula is C32H44O9. The summed E-state index contributed by atoms with van der Waals surface area (Å²) < 4.78 is 23.8. The van der Waals surface area contributed by atoms with Crippen LogP contribution >= 0.6 is 0 Å². The largest absolute Gasteiger partial charge is 0.490 e. The maximum Gasteiger partial charge on any atom is 0.303 e. The van der Waals surface area contributed by atoms with E-state index in [1.54, 1.807) is 18.2 Å². The molecule has 0 aromatic heterocycles. The highest BCUT2D eigenvalue weighted by Crippen LogP contribution is 2.51. The first-order chi connectivity index (χ1) is 19.1. The molecule has 2 aliphatic rings. The molecule has 2 aliphatic carbocycles. The number of rotatable bonds is 5. The number of aliphatic hydroxyl groups excluding tert-OH is 1. The molecule has 0 radical (unpaired) electrons. The first-order valence-corrected chi connectivity index (χ1v) is 14.1. The fourth-order valence-electron chi connectivity index (χ4n) is 6.17. The fraction of sp³-hybridized carbons (Fsp3) is 0.594. The summed E-state index contributed by atoms with van der Waals surface area (Å²) >= 11 is 0. The molecule has 0 spiro atoms. The molecule has 41 heavy (non-hydrogen) atoms. The van der Waals surface area contributed by atoms with Gasteiger partial charge >= 0.3 is 17.9 Å². The van der Waals surface area contributed by atoms with Crippen molar-refractivity contribution in [2.45, 2.75) is 97.4 Å². The number of aliphatic hydroxyl groups is 2. The van der Waals surface area contributed by atoms with Crippen molar-refractivity contribution >= 4 is 17.9 Å². The molecule has 0 unspecified atom stereocenters. The van der Waals surface area contributed by atoms with Gasteiger partial charge in [0, 0.05) is 44.1 Å². The van der Waals surface area contributed by atoms with E-state index >= 15 is 0 Å². The molecule has 3 rings (SSSR count). The lowest BCUT2D eigenvalue weighted by atomic mass is 9.72. The number of esters is 3. The van der Waals surface area contributed by atoms with Crippen molar-refractivity contribution in [1.29, 1.82) is 0 Å². The third kappa shape index (κ3) is 7.38. The molecule has 2 N–H and O–H groups in total. The topological polar surface area (TPSA) is 129 Å². The fourth-order valence-corrected chi connectivity index (χ4v) is 6.17. The summed E-state index contributed by atoms with van der Waals surface area (Å²) in [4.78, 5) is 37.2. The Morgan fingerprint density at radius 2 is 1.54 bits per heavy atom. The molecule has 9 heteroatoms. The Bertz CT molecular complexity index is 1140. The SMILES string of the molecule is C=C1[C@@H](OC(C)=O)[C@H]2[C@@H](Oc3ccccc3)[C@@H](C)C[C@]2(O)[C@H](OC(C)=O)[C@H](C)/C=C/C(C)(C)[C@H](O)C[C@H]1OC(C)=O. The van der Waals surface area contributed by atoms with E-state index in [4.69, 9.17) is 18.9 Å². The molecule has 9 atom stereocenters. The quantitative estimate of drug-likeness (QED) is 0.304. The number of benzene rings is 1. The summed E-state index contributed by atoms with van der Waals surface area (Å²) in [5, 5.41) is 23.9. The van der Waals surface area contributed by atoms with Crippen LogP contribution in [0.15, 0.2) is 54.6 Å². The van der Waals surface area contributed by atoms with Gasteiger partial charge in [-0.15, -0.1) is 0 Å². The number of fused-ring (bicyclic) bond motifs is 1. The van der Waals surface area contributed by atoms with Crippen molar-refractivity contribution in [2.75, 3.05) is 0 Å².